The molecule has 4 saturated carbocycles. The number of hydrogen-bond donors (Lipinski definition) is 0. The molecule has 0 nitrogen and oxygen atoms in total. The minimum absolute atomic E-state index is 0.959. The van der Waals surface area contributed by atoms with Crippen LogP contribution in [0.3, 0.4) is 0 Å². The van der Waals surface area contributed by atoms with Gasteiger partial charge in [-0.1, -0.05) is 40.0 Å². The monoisotopic (exact) mass is 192 g/mol. The van der Waals surface area contributed by atoms with Crippen molar-refractivity contribution in [1.29, 1.82) is 0 Å². The smallest absolute Gasteiger partial charge is 0.0175 e. The first-order chi connectivity index (χ1) is 6.72. The summed E-state index contributed by atoms with van der Waals surface area (Å²) >= 11 is 0. The van der Waals surface area contributed by atoms with Crippen LogP contribution in [0.4, 0.5) is 0 Å². The molecule has 4 rings (SSSR count). The fourth-order valence-electron chi connectivity index (χ4n) is 4.66. The van der Waals surface area contributed by atoms with Crippen LogP contribution in [0.2, 0.25) is 0 Å². The van der Waals surface area contributed by atoms with Crippen LogP contribution in [0.15, 0.2) is 0 Å². The van der Waals surface area contributed by atoms with Gasteiger partial charge >= 0.3 is 0 Å². The molecule has 0 N–H and O–H groups in total. The molecule has 0 aromatic carbocycles. The Morgan fingerprint density at radius 3 is 2.36 bits per heavy atom. The Morgan fingerprint density at radius 2 is 1.93 bits per heavy atom. The van der Waals surface area contributed by atoms with E-state index in [0.717, 1.165) is 17.3 Å². The Bertz CT molecular complexity index is 223. The van der Waals surface area contributed by atoms with Gasteiger partial charge in [0.15, 0.2) is 0 Å². The Kier molecular flexibility index (Phi) is 1.83. The van der Waals surface area contributed by atoms with Gasteiger partial charge in [0.2, 0.25) is 0 Å². The molecular formula is C14H24. The van der Waals surface area contributed by atoms with Crippen molar-refractivity contribution >= 4 is 0 Å². The van der Waals surface area contributed by atoms with Crippen molar-refractivity contribution in [2.45, 2.75) is 52.9 Å². The quantitative estimate of drug-likeness (QED) is 0.594. The molecule has 0 saturated heterocycles. The third-order valence-corrected chi connectivity index (χ3v) is 5.68. The Morgan fingerprint density at radius 1 is 1.29 bits per heavy atom. The normalized spacial score (nSPS) is 50.4. The predicted molar refractivity (Wildman–Crippen MR) is 60.0 cm³/mol. The minimum atomic E-state index is 0.959. The standard InChI is InChI=1S/C14H24/c1-4-5-6-9(2)7-10(3)14-11-8-12(14)13(11)14/h9-13H,4-8H2,1-3H3. The summed E-state index contributed by atoms with van der Waals surface area (Å²) in [4.78, 5) is 0. The zero-order valence-electron chi connectivity index (χ0n) is 9.92. The maximum absolute atomic E-state index is 2.54. The summed E-state index contributed by atoms with van der Waals surface area (Å²) in [6, 6.07) is 0. The molecule has 80 valence electrons. The molecule has 0 heteroatoms. The fraction of sp³-hybridized carbons (Fsp3) is 1.00. The molecule has 0 heterocycles. The highest BCUT2D eigenvalue weighted by Crippen LogP contribution is 2.99. The molecular weight excluding hydrogens is 168 g/mol. The highest BCUT2D eigenvalue weighted by Gasteiger charge is 2.95. The third-order valence-electron chi connectivity index (χ3n) is 5.68. The third kappa shape index (κ3) is 0.907. The highest BCUT2D eigenvalue weighted by atomic mass is 15.0. The van der Waals surface area contributed by atoms with E-state index in [9.17, 15) is 0 Å². The summed E-state index contributed by atoms with van der Waals surface area (Å²) in [5, 5.41) is 0. The van der Waals surface area contributed by atoms with E-state index in [4.69, 9.17) is 0 Å². The number of rotatable bonds is 6. The number of unbranched alkanes of at least 4 members (excludes halogenated alkanes) is 1. The lowest BCUT2D eigenvalue weighted by Gasteiger charge is -2.35. The van der Waals surface area contributed by atoms with E-state index in [2.05, 4.69) is 20.8 Å². The lowest BCUT2D eigenvalue weighted by Crippen LogP contribution is -2.29. The second-order valence-corrected chi connectivity index (χ2v) is 6.36. The highest BCUT2D eigenvalue weighted by molar-refractivity contribution is 5.42. The lowest BCUT2D eigenvalue weighted by molar-refractivity contribution is 0.131. The maximum Gasteiger partial charge on any atom is -0.0175 e. The Labute approximate surface area is 88.5 Å². The molecule has 4 unspecified atom stereocenters. The van der Waals surface area contributed by atoms with Crippen molar-refractivity contribution in [3.8, 4) is 0 Å². The van der Waals surface area contributed by atoms with Crippen molar-refractivity contribution in [1.82, 2.24) is 0 Å². The number of hydrogen-bond acceptors (Lipinski definition) is 0. The summed E-state index contributed by atoms with van der Waals surface area (Å²) < 4.78 is 0. The first-order valence-electron chi connectivity index (χ1n) is 6.72. The van der Waals surface area contributed by atoms with Gasteiger partial charge in [-0.2, -0.15) is 0 Å². The van der Waals surface area contributed by atoms with E-state index >= 15 is 0 Å². The summed E-state index contributed by atoms with van der Waals surface area (Å²) in [7, 11) is 0. The largest absolute Gasteiger partial charge is 0.0654 e. The van der Waals surface area contributed by atoms with Crippen molar-refractivity contribution in [2.75, 3.05) is 0 Å². The van der Waals surface area contributed by atoms with Gasteiger partial charge in [0.05, 0.1) is 0 Å². The van der Waals surface area contributed by atoms with Crippen LogP contribution in [-0.2, 0) is 0 Å². The SMILES string of the molecule is CCCCC(C)CC(C)C12C3CC1C32. The summed E-state index contributed by atoms with van der Waals surface area (Å²) in [6.45, 7) is 7.31. The lowest BCUT2D eigenvalue weighted by atomic mass is 9.69. The van der Waals surface area contributed by atoms with Crippen LogP contribution < -0.4 is 0 Å². The van der Waals surface area contributed by atoms with E-state index in [1.165, 1.54) is 43.4 Å². The van der Waals surface area contributed by atoms with Gasteiger partial charge in [-0.05, 0) is 47.8 Å². The first kappa shape index (κ1) is 9.24. The van der Waals surface area contributed by atoms with Gasteiger partial charge in [0, 0.05) is 0 Å². The van der Waals surface area contributed by atoms with Crippen LogP contribution >= 0.6 is 0 Å². The fourth-order valence-corrected chi connectivity index (χ4v) is 4.66. The van der Waals surface area contributed by atoms with Crippen molar-refractivity contribution in [3.63, 3.8) is 0 Å². The summed E-state index contributed by atoms with van der Waals surface area (Å²) in [5.74, 6) is 5.74. The molecule has 4 atom stereocenters. The van der Waals surface area contributed by atoms with Crippen LogP contribution in [0.5, 0.6) is 0 Å². The second-order valence-electron chi connectivity index (χ2n) is 6.36. The van der Waals surface area contributed by atoms with Gasteiger partial charge < -0.3 is 0 Å². The molecule has 0 aromatic rings. The van der Waals surface area contributed by atoms with Gasteiger partial charge in [0.1, 0.15) is 0 Å². The van der Waals surface area contributed by atoms with Crippen molar-refractivity contribution in [2.24, 2.45) is 35.0 Å². The Balaban J connectivity index is 1.44. The zero-order valence-corrected chi connectivity index (χ0v) is 9.92. The maximum atomic E-state index is 2.54. The zero-order chi connectivity index (χ0) is 9.92. The molecule has 0 aromatic heterocycles. The van der Waals surface area contributed by atoms with E-state index in [0.29, 0.717) is 0 Å². The van der Waals surface area contributed by atoms with E-state index in [1.54, 1.807) is 6.42 Å². The average Bonchev–Trinajstić information content (AvgIpc) is 2.81. The topological polar surface area (TPSA) is 0 Å². The second kappa shape index (κ2) is 2.77. The van der Waals surface area contributed by atoms with E-state index in [1.807, 2.05) is 0 Å². The first-order valence-corrected chi connectivity index (χ1v) is 6.72. The molecule has 4 fully saturated rings. The summed E-state index contributed by atoms with van der Waals surface area (Å²) in [6.07, 6.45) is 7.41. The molecule has 2 bridgehead atoms. The van der Waals surface area contributed by atoms with E-state index < -0.39 is 0 Å². The van der Waals surface area contributed by atoms with Gasteiger partial charge in [-0.25, -0.2) is 0 Å². The molecule has 0 spiro atoms. The molecule has 0 aliphatic heterocycles. The van der Waals surface area contributed by atoms with Crippen LogP contribution in [0.1, 0.15) is 52.9 Å². The average molecular weight is 192 g/mol. The van der Waals surface area contributed by atoms with Crippen LogP contribution in [-0.4, -0.2) is 0 Å². The molecule has 0 radical (unpaired) electrons. The van der Waals surface area contributed by atoms with Gasteiger partial charge in [0.25, 0.3) is 0 Å². The molecule has 14 heavy (non-hydrogen) atoms. The van der Waals surface area contributed by atoms with Crippen LogP contribution in [0, 0.1) is 35.0 Å². The minimum Gasteiger partial charge on any atom is -0.0654 e. The van der Waals surface area contributed by atoms with Gasteiger partial charge in [-0.3, -0.25) is 0 Å². The molecule has 4 aliphatic carbocycles. The molecule has 4 aliphatic rings. The van der Waals surface area contributed by atoms with E-state index in [-0.39, 0.29) is 0 Å². The predicted octanol–water partition coefficient (Wildman–Crippen LogP) is 4.10. The van der Waals surface area contributed by atoms with Crippen molar-refractivity contribution in [3.05, 3.63) is 0 Å². The molecule has 0 amide bonds. The van der Waals surface area contributed by atoms with Gasteiger partial charge in [-0.15, -0.1) is 0 Å². The summed E-state index contributed by atoms with van der Waals surface area (Å²) in [5.41, 5.74) is 0.959. The van der Waals surface area contributed by atoms with Crippen molar-refractivity contribution < 1.29 is 0 Å². The Hall–Kier alpha value is 0. The van der Waals surface area contributed by atoms with Crippen LogP contribution in [0.25, 0.3) is 0 Å².